The third kappa shape index (κ3) is 5.35. The number of aliphatic hydroxyl groups excluding tert-OH is 1. The zero-order valence-corrected chi connectivity index (χ0v) is 10.7. The van der Waals surface area contributed by atoms with Crippen molar-refractivity contribution in [2.24, 2.45) is 5.92 Å². The highest BCUT2D eigenvalue weighted by Crippen LogP contribution is 2.23. The number of carbonyl (C=O) groups is 2. The fourth-order valence-electron chi connectivity index (χ4n) is 2.25. The van der Waals surface area contributed by atoms with E-state index in [-0.39, 0.29) is 25.0 Å². The van der Waals surface area contributed by atoms with Crippen molar-refractivity contribution >= 4 is 12.0 Å². The van der Waals surface area contributed by atoms with Crippen LogP contribution in [0.25, 0.3) is 0 Å². The molecular weight excluding hydrogens is 236 g/mol. The topological polar surface area (TPSA) is 98.7 Å². The molecule has 104 valence electrons. The first-order chi connectivity index (χ1) is 8.49. The van der Waals surface area contributed by atoms with Crippen molar-refractivity contribution in [1.29, 1.82) is 0 Å². The molecule has 6 heteroatoms. The van der Waals surface area contributed by atoms with Crippen molar-refractivity contribution in [3.8, 4) is 0 Å². The van der Waals surface area contributed by atoms with Gasteiger partial charge in [-0.1, -0.05) is 19.8 Å². The SMILES string of the molecule is CC1CCCC(NC(=O)NCCC(O)C(=O)O)C1. The van der Waals surface area contributed by atoms with E-state index in [9.17, 15) is 9.59 Å². The Morgan fingerprint density at radius 1 is 1.39 bits per heavy atom. The van der Waals surface area contributed by atoms with Crippen LogP contribution in [-0.4, -0.2) is 40.9 Å². The lowest BCUT2D eigenvalue weighted by Gasteiger charge is -2.27. The van der Waals surface area contributed by atoms with Gasteiger partial charge in [-0.25, -0.2) is 9.59 Å². The van der Waals surface area contributed by atoms with Gasteiger partial charge in [-0.05, 0) is 18.8 Å². The molecule has 2 amide bonds. The Morgan fingerprint density at radius 3 is 2.72 bits per heavy atom. The zero-order valence-electron chi connectivity index (χ0n) is 10.7. The standard InChI is InChI=1S/C12H22N2O4/c1-8-3-2-4-9(7-8)14-12(18)13-6-5-10(15)11(16)17/h8-10,15H,2-7H2,1H3,(H,16,17)(H2,13,14,18). The average Bonchev–Trinajstić information content (AvgIpc) is 2.28. The minimum absolute atomic E-state index is 0.0177. The van der Waals surface area contributed by atoms with Gasteiger partial charge >= 0.3 is 12.0 Å². The van der Waals surface area contributed by atoms with Crippen molar-refractivity contribution < 1.29 is 19.8 Å². The van der Waals surface area contributed by atoms with E-state index in [1.54, 1.807) is 0 Å². The number of hydrogen-bond acceptors (Lipinski definition) is 3. The molecule has 0 bridgehead atoms. The Morgan fingerprint density at radius 2 is 2.11 bits per heavy atom. The van der Waals surface area contributed by atoms with Gasteiger partial charge in [-0.2, -0.15) is 0 Å². The van der Waals surface area contributed by atoms with E-state index >= 15 is 0 Å². The Bertz CT molecular complexity index is 296. The molecule has 6 nitrogen and oxygen atoms in total. The van der Waals surface area contributed by atoms with Crippen LogP contribution in [0.4, 0.5) is 4.79 Å². The number of carboxylic acids is 1. The molecule has 3 unspecified atom stereocenters. The maximum Gasteiger partial charge on any atom is 0.332 e. The Balaban J connectivity index is 2.15. The molecule has 1 rings (SSSR count). The normalized spacial score (nSPS) is 25.2. The molecule has 0 radical (unpaired) electrons. The summed E-state index contributed by atoms with van der Waals surface area (Å²) in [5.74, 6) is -0.629. The van der Waals surface area contributed by atoms with Crippen molar-refractivity contribution in [3.63, 3.8) is 0 Å². The fraction of sp³-hybridized carbons (Fsp3) is 0.833. The minimum atomic E-state index is -1.42. The second-order valence-electron chi connectivity index (χ2n) is 5.01. The highest BCUT2D eigenvalue weighted by atomic mass is 16.4. The summed E-state index contributed by atoms with van der Waals surface area (Å²) in [4.78, 5) is 21.9. The second kappa shape index (κ2) is 7.20. The molecule has 18 heavy (non-hydrogen) atoms. The number of urea groups is 1. The molecule has 0 spiro atoms. The van der Waals surface area contributed by atoms with Crippen molar-refractivity contribution in [1.82, 2.24) is 10.6 Å². The lowest BCUT2D eigenvalue weighted by molar-refractivity contribution is -0.146. The third-order valence-corrected chi connectivity index (χ3v) is 3.26. The monoisotopic (exact) mass is 258 g/mol. The molecule has 0 aromatic carbocycles. The maximum atomic E-state index is 11.5. The second-order valence-corrected chi connectivity index (χ2v) is 5.01. The van der Waals surface area contributed by atoms with Crippen LogP contribution in [0.1, 0.15) is 39.0 Å². The Hall–Kier alpha value is -1.30. The average molecular weight is 258 g/mol. The Labute approximate surface area is 107 Å². The summed E-state index contributed by atoms with van der Waals surface area (Å²) in [5, 5.41) is 22.9. The van der Waals surface area contributed by atoms with E-state index in [2.05, 4.69) is 17.6 Å². The van der Waals surface area contributed by atoms with E-state index < -0.39 is 12.1 Å². The molecule has 1 aliphatic rings. The molecule has 4 N–H and O–H groups in total. The van der Waals surface area contributed by atoms with Gasteiger partial charge < -0.3 is 20.8 Å². The zero-order chi connectivity index (χ0) is 13.5. The smallest absolute Gasteiger partial charge is 0.332 e. The summed E-state index contributed by atoms with van der Waals surface area (Å²) < 4.78 is 0. The fourth-order valence-corrected chi connectivity index (χ4v) is 2.25. The predicted molar refractivity (Wildman–Crippen MR) is 66.2 cm³/mol. The van der Waals surface area contributed by atoms with Crippen molar-refractivity contribution in [2.75, 3.05) is 6.54 Å². The van der Waals surface area contributed by atoms with Gasteiger partial charge in [0.2, 0.25) is 0 Å². The lowest BCUT2D eigenvalue weighted by Crippen LogP contribution is -2.44. The molecule has 0 aromatic rings. The summed E-state index contributed by atoms with van der Waals surface area (Å²) in [5.41, 5.74) is 0. The van der Waals surface area contributed by atoms with Gasteiger partial charge in [0.25, 0.3) is 0 Å². The van der Waals surface area contributed by atoms with Gasteiger partial charge in [0.05, 0.1) is 0 Å². The largest absolute Gasteiger partial charge is 0.479 e. The van der Waals surface area contributed by atoms with Gasteiger partial charge in [0, 0.05) is 19.0 Å². The van der Waals surface area contributed by atoms with Gasteiger partial charge in [0.15, 0.2) is 6.10 Å². The van der Waals surface area contributed by atoms with Crippen LogP contribution in [0.5, 0.6) is 0 Å². The first-order valence-electron chi connectivity index (χ1n) is 6.44. The molecule has 0 aliphatic heterocycles. The molecule has 3 atom stereocenters. The number of carboxylic acid groups (broad SMARTS) is 1. The van der Waals surface area contributed by atoms with E-state index in [1.165, 1.54) is 6.42 Å². The maximum absolute atomic E-state index is 11.5. The lowest BCUT2D eigenvalue weighted by atomic mass is 9.87. The van der Waals surface area contributed by atoms with Crippen molar-refractivity contribution in [2.45, 2.75) is 51.2 Å². The Kier molecular flexibility index (Phi) is 5.91. The van der Waals surface area contributed by atoms with Crippen LogP contribution in [-0.2, 0) is 4.79 Å². The molecule has 1 fully saturated rings. The van der Waals surface area contributed by atoms with Gasteiger partial charge in [-0.15, -0.1) is 0 Å². The van der Waals surface area contributed by atoms with Crippen LogP contribution in [0.3, 0.4) is 0 Å². The molecule has 1 saturated carbocycles. The number of carbonyl (C=O) groups excluding carboxylic acids is 1. The number of nitrogens with one attached hydrogen (secondary N) is 2. The number of hydrogen-bond donors (Lipinski definition) is 4. The van der Waals surface area contributed by atoms with E-state index in [1.807, 2.05) is 0 Å². The number of aliphatic carboxylic acids is 1. The number of amides is 2. The van der Waals surface area contributed by atoms with Crippen molar-refractivity contribution in [3.05, 3.63) is 0 Å². The summed E-state index contributed by atoms with van der Waals surface area (Å²) in [6.45, 7) is 2.33. The highest BCUT2D eigenvalue weighted by molar-refractivity contribution is 5.74. The molecular formula is C12H22N2O4. The summed E-state index contributed by atoms with van der Waals surface area (Å²) in [6.07, 6.45) is 2.93. The molecule has 0 heterocycles. The van der Waals surface area contributed by atoms with Gasteiger partial charge in [-0.3, -0.25) is 0 Å². The molecule has 0 aromatic heterocycles. The van der Waals surface area contributed by atoms with E-state index in [0.29, 0.717) is 5.92 Å². The highest BCUT2D eigenvalue weighted by Gasteiger charge is 2.20. The molecule has 0 saturated heterocycles. The predicted octanol–water partition coefficient (Wildman–Crippen LogP) is 0.700. The van der Waals surface area contributed by atoms with Crippen LogP contribution in [0.15, 0.2) is 0 Å². The number of rotatable bonds is 5. The first kappa shape index (κ1) is 14.8. The van der Waals surface area contributed by atoms with Crippen LogP contribution >= 0.6 is 0 Å². The third-order valence-electron chi connectivity index (χ3n) is 3.26. The summed E-state index contributed by atoms with van der Waals surface area (Å²) >= 11 is 0. The number of aliphatic hydroxyl groups is 1. The van der Waals surface area contributed by atoms with E-state index in [4.69, 9.17) is 10.2 Å². The quantitative estimate of drug-likeness (QED) is 0.583. The van der Waals surface area contributed by atoms with Crippen LogP contribution in [0, 0.1) is 5.92 Å². The van der Waals surface area contributed by atoms with Crippen LogP contribution < -0.4 is 10.6 Å². The molecule has 1 aliphatic carbocycles. The van der Waals surface area contributed by atoms with E-state index in [0.717, 1.165) is 19.3 Å². The summed E-state index contributed by atoms with van der Waals surface area (Å²) in [6, 6.07) is -0.0789. The van der Waals surface area contributed by atoms with Crippen LogP contribution in [0.2, 0.25) is 0 Å². The minimum Gasteiger partial charge on any atom is -0.479 e. The summed E-state index contributed by atoms with van der Waals surface area (Å²) in [7, 11) is 0. The first-order valence-corrected chi connectivity index (χ1v) is 6.44. The van der Waals surface area contributed by atoms with Gasteiger partial charge in [0.1, 0.15) is 0 Å².